The number of nitrogens with zero attached hydrogens (tertiary/aromatic N) is 3. The molecule has 0 N–H and O–H groups in total. The van der Waals surface area contributed by atoms with Gasteiger partial charge in [0.15, 0.2) is 0 Å². The fourth-order valence-electron chi connectivity index (χ4n) is 2.36. The third-order valence-electron chi connectivity index (χ3n) is 3.60. The van der Waals surface area contributed by atoms with E-state index >= 15 is 0 Å². The van der Waals surface area contributed by atoms with Gasteiger partial charge in [-0.15, -0.1) is 5.10 Å². The molecule has 3 rings (SSSR count). The number of pyridine rings is 1. The van der Waals surface area contributed by atoms with Crippen molar-refractivity contribution in [3.63, 3.8) is 0 Å². The lowest BCUT2D eigenvalue weighted by atomic mass is 10.2. The van der Waals surface area contributed by atoms with Crippen molar-refractivity contribution in [2.75, 3.05) is 6.61 Å². The van der Waals surface area contributed by atoms with Crippen LogP contribution in [0, 0.1) is 0 Å². The van der Waals surface area contributed by atoms with Gasteiger partial charge in [0.05, 0.1) is 18.0 Å². The first-order valence-corrected chi connectivity index (χ1v) is 8.68. The third-order valence-corrected chi connectivity index (χ3v) is 4.28. The predicted octanol–water partition coefficient (Wildman–Crippen LogP) is 4.46. The Balaban J connectivity index is 1.68. The molecule has 0 fully saturated rings. The Bertz CT molecular complexity index is 776. The normalized spacial score (nSPS) is 14.7. The topological polar surface area (TPSA) is 37.7 Å². The van der Waals surface area contributed by atoms with E-state index in [0.29, 0.717) is 12.5 Å². The zero-order valence-corrected chi connectivity index (χ0v) is 14.4. The van der Waals surface area contributed by atoms with Gasteiger partial charge in [0.25, 0.3) is 0 Å². The van der Waals surface area contributed by atoms with Gasteiger partial charge in [-0.25, -0.2) is 5.01 Å². The lowest BCUT2D eigenvalue weighted by Crippen LogP contribution is -2.21. The molecule has 122 valence electrons. The zero-order valence-electron chi connectivity index (χ0n) is 13.6. The Morgan fingerprint density at radius 3 is 2.83 bits per heavy atom. The monoisotopic (exact) mass is 337 g/mol. The van der Waals surface area contributed by atoms with E-state index in [2.05, 4.69) is 33.5 Å². The Hall–Kier alpha value is -2.66. The lowest BCUT2D eigenvalue weighted by Gasteiger charge is -2.25. The highest BCUT2D eigenvalue weighted by molar-refractivity contribution is 7.08. The molecule has 4 nitrogen and oxygen atoms in total. The highest BCUT2D eigenvalue weighted by Crippen LogP contribution is 2.27. The molecule has 2 aromatic heterocycles. The summed E-state index contributed by atoms with van der Waals surface area (Å²) in [5.41, 5.74) is 4.13. The molecule has 2 aromatic rings. The van der Waals surface area contributed by atoms with E-state index in [1.54, 1.807) is 23.7 Å². The van der Waals surface area contributed by atoms with E-state index in [1.165, 1.54) is 5.56 Å². The Morgan fingerprint density at radius 2 is 2.12 bits per heavy atom. The van der Waals surface area contributed by atoms with Crippen LogP contribution in [0.1, 0.15) is 18.1 Å². The molecule has 0 unspecified atom stereocenters. The summed E-state index contributed by atoms with van der Waals surface area (Å²) in [6.07, 6.45) is 10.2. The van der Waals surface area contributed by atoms with E-state index in [-0.39, 0.29) is 0 Å². The van der Waals surface area contributed by atoms with E-state index in [4.69, 9.17) is 4.74 Å². The molecule has 0 radical (unpaired) electrons. The molecule has 3 heterocycles. The maximum atomic E-state index is 5.81. The largest absolute Gasteiger partial charge is 0.476 e. The molecule has 0 amide bonds. The number of hydrazone groups is 1. The summed E-state index contributed by atoms with van der Waals surface area (Å²) in [4.78, 5) is 4.02. The second-order valence-electron chi connectivity index (χ2n) is 5.21. The lowest BCUT2D eigenvalue weighted by molar-refractivity contribution is 0.300. The van der Waals surface area contributed by atoms with E-state index in [0.717, 1.165) is 23.4 Å². The van der Waals surface area contributed by atoms with Crippen molar-refractivity contribution >= 4 is 22.9 Å². The summed E-state index contributed by atoms with van der Waals surface area (Å²) in [6.45, 7) is 6.63. The molecule has 0 bridgehead atoms. The average Bonchev–Trinajstić information content (AvgIpc) is 3.13. The van der Waals surface area contributed by atoms with Gasteiger partial charge < -0.3 is 4.74 Å². The van der Waals surface area contributed by atoms with Gasteiger partial charge in [0.1, 0.15) is 0 Å². The zero-order chi connectivity index (χ0) is 16.8. The van der Waals surface area contributed by atoms with Crippen LogP contribution in [0.25, 0.3) is 5.70 Å². The van der Waals surface area contributed by atoms with Crippen LogP contribution in [-0.4, -0.2) is 22.5 Å². The van der Waals surface area contributed by atoms with Gasteiger partial charge in [-0.3, -0.25) is 4.98 Å². The first-order chi connectivity index (χ1) is 11.8. The molecule has 0 saturated heterocycles. The molecule has 0 saturated carbocycles. The van der Waals surface area contributed by atoms with Crippen LogP contribution in [0.2, 0.25) is 0 Å². The fraction of sp³-hybridized carbons (Fsp3) is 0.158. The number of hydrogen-bond donors (Lipinski definition) is 0. The minimum atomic E-state index is 0.567. The van der Waals surface area contributed by atoms with Crippen molar-refractivity contribution in [2.45, 2.75) is 13.3 Å². The minimum absolute atomic E-state index is 0.567. The smallest absolute Gasteiger partial charge is 0.231 e. The van der Waals surface area contributed by atoms with Gasteiger partial charge in [-0.05, 0) is 42.1 Å². The van der Waals surface area contributed by atoms with Crippen molar-refractivity contribution < 1.29 is 4.74 Å². The molecule has 0 aliphatic carbocycles. The Kier molecular flexibility index (Phi) is 5.23. The highest BCUT2D eigenvalue weighted by atomic mass is 32.1. The minimum Gasteiger partial charge on any atom is -0.476 e. The van der Waals surface area contributed by atoms with Crippen LogP contribution in [0.3, 0.4) is 0 Å². The molecule has 1 aliphatic rings. The van der Waals surface area contributed by atoms with Crippen molar-refractivity contribution in [3.8, 4) is 0 Å². The Labute approximate surface area is 146 Å². The number of thiophene rings is 1. The second kappa shape index (κ2) is 7.75. The summed E-state index contributed by atoms with van der Waals surface area (Å²) in [7, 11) is 0. The van der Waals surface area contributed by atoms with Crippen LogP contribution in [0.15, 0.2) is 77.0 Å². The molecular formula is C19H19N3OS. The fourth-order valence-corrected chi connectivity index (χ4v) is 3.01. The number of rotatable bonds is 5. The molecule has 0 aromatic carbocycles. The standard InChI is InChI=1S/C19H19N3OS/c1-3-18(17-9-13-24-14-17)22-15(2)4-5-19(21-22)23-12-8-16-6-10-20-11-7-16/h3-7,9-11,13-14H,2,8,12H2,1H3/b18-3-. The van der Waals surface area contributed by atoms with Gasteiger partial charge in [-0.2, -0.15) is 11.3 Å². The van der Waals surface area contributed by atoms with Gasteiger partial charge in [-0.1, -0.05) is 12.7 Å². The molecule has 1 aliphatic heterocycles. The summed E-state index contributed by atoms with van der Waals surface area (Å²) in [5, 5.41) is 10.6. The highest BCUT2D eigenvalue weighted by Gasteiger charge is 2.17. The number of aromatic nitrogens is 1. The maximum Gasteiger partial charge on any atom is 0.231 e. The third kappa shape index (κ3) is 3.81. The van der Waals surface area contributed by atoms with Gasteiger partial charge >= 0.3 is 0 Å². The summed E-state index contributed by atoms with van der Waals surface area (Å²) in [5.74, 6) is 0.589. The van der Waals surface area contributed by atoms with Crippen molar-refractivity contribution in [3.05, 3.63) is 83.0 Å². The van der Waals surface area contributed by atoms with Crippen LogP contribution >= 0.6 is 11.3 Å². The molecule has 5 heteroatoms. The summed E-state index contributed by atoms with van der Waals surface area (Å²) < 4.78 is 5.81. The van der Waals surface area contributed by atoms with Crippen LogP contribution < -0.4 is 0 Å². The van der Waals surface area contributed by atoms with Crippen LogP contribution in [0.5, 0.6) is 0 Å². The average molecular weight is 337 g/mol. The Morgan fingerprint density at radius 1 is 1.29 bits per heavy atom. The second-order valence-corrected chi connectivity index (χ2v) is 5.99. The molecule has 0 spiro atoms. The predicted molar refractivity (Wildman–Crippen MR) is 99.4 cm³/mol. The quantitative estimate of drug-likeness (QED) is 0.808. The van der Waals surface area contributed by atoms with Crippen molar-refractivity contribution in [1.82, 2.24) is 9.99 Å². The molecular weight excluding hydrogens is 318 g/mol. The molecule has 0 atom stereocenters. The van der Waals surface area contributed by atoms with E-state index < -0.39 is 0 Å². The van der Waals surface area contributed by atoms with Crippen LogP contribution in [-0.2, 0) is 11.2 Å². The van der Waals surface area contributed by atoms with E-state index in [9.17, 15) is 0 Å². The number of ether oxygens (including phenoxy) is 1. The van der Waals surface area contributed by atoms with Crippen molar-refractivity contribution in [2.24, 2.45) is 5.10 Å². The number of hydrogen-bond acceptors (Lipinski definition) is 5. The summed E-state index contributed by atoms with van der Waals surface area (Å²) >= 11 is 1.66. The summed E-state index contributed by atoms with van der Waals surface area (Å²) in [6, 6.07) is 6.06. The first kappa shape index (κ1) is 16.2. The van der Waals surface area contributed by atoms with Gasteiger partial charge in [0, 0.05) is 35.8 Å². The molecule has 24 heavy (non-hydrogen) atoms. The first-order valence-electron chi connectivity index (χ1n) is 7.74. The SMILES string of the molecule is C=C1C=CC(OCCc2ccncc2)=NN1/C(=C\C)c1ccsc1. The van der Waals surface area contributed by atoms with Gasteiger partial charge in [0.2, 0.25) is 5.90 Å². The maximum absolute atomic E-state index is 5.81. The van der Waals surface area contributed by atoms with E-state index in [1.807, 2.05) is 42.3 Å². The number of allylic oxidation sites excluding steroid dienone is 2. The van der Waals surface area contributed by atoms with Crippen LogP contribution in [0.4, 0.5) is 0 Å². The van der Waals surface area contributed by atoms with Crippen molar-refractivity contribution in [1.29, 1.82) is 0 Å².